The first kappa shape index (κ1) is 46.8. The van der Waals surface area contributed by atoms with Crippen molar-refractivity contribution < 1.29 is 0 Å². The summed E-state index contributed by atoms with van der Waals surface area (Å²) in [5, 5.41) is 0. The van der Waals surface area contributed by atoms with Gasteiger partial charge in [0, 0.05) is 45.2 Å². The van der Waals surface area contributed by atoms with Crippen molar-refractivity contribution in [3.05, 3.63) is 325 Å². The highest BCUT2D eigenvalue weighted by Gasteiger charge is 2.41. The molecule has 4 heteroatoms. The topological polar surface area (TPSA) is 51.6 Å². The molecule has 11 aromatic carbocycles. The van der Waals surface area contributed by atoms with Crippen LogP contribution in [-0.2, 0) is 0 Å². The van der Waals surface area contributed by atoms with Crippen LogP contribution in [0.5, 0.6) is 0 Å². The molecule has 3 aliphatic carbocycles. The largest absolute Gasteiger partial charge is 0.228 e. The molecular weight excluding hydrogens is 969 g/mol. The van der Waals surface area contributed by atoms with Crippen LogP contribution >= 0.6 is 0 Å². The highest BCUT2D eigenvalue weighted by Crippen LogP contribution is 2.57. The molecule has 13 aromatic rings. The Morgan fingerprint density at radius 2 is 0.412 bits per heavy atom. The maximum Gasteiger partial charge on any atom is 0.160 e. The van der Waals surface area contributed by atoms with E-state index >= 15 is 0 Å². The molecule has 0 radical (unpaired) electrons. The normalized spacial score (nSPS) is 13.8. The Balaban J connectivity index is 0.857. The molecule has 16 rings (SSSR count). The minimum Gasteiger partial charge on any atom is -0.228 e. The second-order valence-corrected chi connectivity index (χ2v) is 20.9. The molecule has 0 amide bonds. The molecule has 2 heterocycles. The van der Waals surface area contributed by atoms with Gasteiger partial charge in [-0.1, -0.05) is 231 Å². The van der Waals surface area contributed by atoms with Crippen LogP contribution in [-0.4, -0.2) is 19.9 Å². The number of hydrogen-bond donors (Lipinski definition) is 0. The lowest BCUT2D eigenvalue weighted by Crippen LogP contribution is -2.27. The molecule has 0 fully saturated rings. The van der Waals surface area contributed by atoms with Crippen molar-refractivity contribution in [2.45, 2.75) is 11.8 Å². The molecule has 4 nitrogen and oxygen atoms in total. The van der Waals surface area contributed by atoms with Gasteiger partial charge in [0.2, 0.25) is 0 Å². The third kappa shape index (κ3) is 8.61. The van der Waals surface area contributed by atoms with Crippen LogP contribution in [0.3, 0.4) is 0 Å². The molecular formula is C76H50N4. The Labute approximate surface area is 466 Å². The number of hydrogen-bond acceptors (Lipinski definition) is 4. The summed E-state index contributed by atoms with van der Waals surface area (Å²) in [6.45, 7) is 0. The van der Waals surface area contributed by atoms with Crippen LogP contribution in [0.4, 0.5) is 0 Å². The summed E-state index contributed by atoms with van der Waals surface area (Å²) < 4.78 is 0. The number of rotatable bonds is 10. The van der Waals surface area contributed by atoms with Crippen LogP contribution < -0.4 is 0 Å². The van der Waals surface area contributed by atoms with Crippen LogP contribution in [0.1, 0.15) is 45.2 Å². The van der Waals surface area contributed by atoms with E-state index in [4.69, 9.17) is 19.9 Å². The van der Waals surface area contributed by atoms with E-state index in [0.29, 0.717) is 11.6 Å². The van der Waals surface area contributed by atoms with Gasteiger partial charge in [-0.3, -0.25) is 0 Å². The summed E-state index contributed by atoms with van der Waals surface area (Å²) in [6.07, 6.45) is 0. The summed E-state index contributed by atoms with van der Waals surface area (Å²) in [5.41, 5.74) is 26.6. The minimum absolute atomic E-state index is 0.00669. The van der Waals surface area contributed by atoms with E-state index in [1.54, 1.807) is 0 Å². The van der Waals surface area contributed by atoms with E-state index in [0.717, 1.165) is 101 Å². The smallest absolute Gasteiger partial charge is 0.160 e. The fourth-order valence-corrected chi connectivity index (χ4v) is 12.2. The van der Waals surface area contributed by atoms with Crippen LogP contribution in [0.2, 0.25) is 0 Å². The monoisotopic (exact) mass is 1020 g/mol. The molecule has 374 valence electrons. The van der Waals surface area contributed by atoms with Crippen molar-refractivity contribution >= 4 is 0 Å². The molecule has 0 N–H and O–H groups in total. The Bertz CT molecular complexity index is 4040. The summed E-state index contributed by atoms with van der Waals surface area (Å²) in [7, 11) is 0. The van der Waals surface area contributed by atoms with Gasteiger partial charge in [0.05, 0.1) is 22.8 Å². The molecule has 0 spiro atoms. The molecule has 0 aliphatic heterocycles. The third-order valence-electron chi connectivity index (χ3n) is 16.0. The fraction of sp³-hybridized carbons (Fsp3) is 0.0263. The van der Waals surface area contributed by atoms with E-state index in [9.17, 15) is 0 Å². The van der Waals surface area contributed by atoms with E-state index in [1.165, 1.54) is 33.4 Å². The number of nitrogens with zero attached hydrogens (tertiary/aromatic N) is 4. The zero-order chi connectivity index (χ0) is 52.9. The molecule has 2 unspecified atom stereocenters. The highest BCUT2D eigenvalue weighted by molar-refractivity contribution is 5.85. The Hall–Kier alpha value is -10.4. The molecule has 2 aromatic heterocycles. The van der Waals surface area contributed by atoms with Gasteiger partial charge < -0.3 is 0 Å². The predicted molar refractivity (Wildman–Crippen MR) is 327 cm³/mol. The summed E-state index contributed by atoms with van der Waals surface area (Å²) in [5.74, 6) is 1.40. The van der Waals surface area contributed by atoms with Crippen molar-refractivity contribution in [3.63, 3.8) is 0 Å². The van der Waals surface area contributed by atoms with Gasteiger partial charge in [0.15, 0.2) is 11.6 Å². The summed E-state index contributed by atoms with van der Waals surface area (Å²) in [4.78, 5) is 21.7. The van der Waals surface area contributed by atoms with Gasteiger partial charge in [-0.05, 0) is 139 Å². The first-order valence-corrected chi connectivity index (χ1v) is 27.4. The van der Waals surface area contributed by atoms with Crippen molar-refractivity contribution in [2.75, 3.05) is 0 Å². The highest BCUT2D eigenvalue weighted by atomic mass is 14.9. The standard InChI is InChI=1S/C76H50N4/c1-7-21-49(22-8-1)57-39-58(50-23-9-2-10-24-50)42-61(41-57)71-47-69(53-29-15-5-16-30-53)77-75(79-71)55-35-37-65-67(45-55)73-63-33-19-20-34-64(63)74(65)68-46-56(36-38-66(68)73)76-78-70(54-31-17-6-18-32-54)48-72(80-76)62-43-59(51-25-11-3-12-26-51)40-60(44-62)52-27-13-4-14-28-52/h1-48,73-74H. The first-order valence-electron chi connectivity index (χ1n) is 27.4. The quantitative estimate of drug-likeness (QED) is 0.137. The maximum absolute atomic E-state index is 5.49. The zero-order valence-corrected chi connectivity index (χ0v) is 43.7. The Kier molecular flexibility index (Phi) is 11.6. The van der Waals surface area contributed by atoms with Gasteiger partial charge in [-0.15, -0.1) is 0 Å². The summed E-state index contributed by atoms with van der Waals surface area (Å²) >= 11 is 0. The average Bonchev–Trinajstić information content (AvgIpc) is 3.67. The van der Waals surface area contributed by atoms with Crippen molar-refractivity contribution in [1.29, 1.82) is 0 Å². The molecule has 80 heavy (non-hydrogen) atoms. The van der Waals surface area contributed by atoms with Gasteiger partial charge in [-0.2, -0.15) is 0 Å². The van der Waals surface area contributed by atoms with Gasteiger partial charge in [0.1, 0.15) is 0 Å². The average molecular weight is 1020 g/mol. The van der Waals surface area contributed by atoms with Crippen LogP contribution in [0.15, 0.2) is 291 Å². The molecule has 2 atom stereocenters. The Morgan fingerprint density at radius 1 is 0.163 bits per heavy atom. The molecule has 3 aliphatic rings. The maximum atomic E-state index is 5.49. The van der Waals surface area contributed by atoms with E-state index in [1.807, 2.05) is 0 Å². The summed E-state index contributed by atoms with van der Waals surface area (Å²) in [6, 6.07) is 104. The Morgan fingerprint density at radius 3 is 0.725 bits per heavy atom. The van der Waals surface area contributed by atoms with E-state index < -0.39 is 0 Å². The van der Waals surface area contributed by atoms with Crippen LogP contribution in [0, 0.1) is 0 Å². The second kappa shape index (κ2) is 19.9. The van der Waals surface area contributed by atoms with Gasteiger partial charge >= 0.3 is 0 Å². The van der Waals surface area contributed by atoms with Crippen molar-refractivity contribution in [3.8, 4) is 112 Å². The lowest BCUT2D eigenvalue weighted by Gasteiger charge is -2.42. The predicted octanol–water partition coefficient (Wildman–Crippen LogP) is 18.9. The van der Waals surface area contributed by atoms with E-state index in [2.05, 4.69) is 291 Å². The van der Waals surface area contributed by atoms with E-state index in [-0.39, 0.29) is 11.8 Å². The molecule has 0 saturated carbocycles. The molecule has 2 bridgehead atoms. The SMILES string of the molecule is c1ccc(-c2cc(-c3ccccc3)cc(-c3cc(-c4ccccc4)nc(-c4ccc5c(c4)C4c6ccccc6C5c5cc(-c6nc(-c7ccccc7)cc(-c7cc(-c8ccccc8)cc(-c8ccccc8)c7)n6)ccc54)n3)c2)cc1. The third-order valence-corrected chi connectivity index (χ3v) is 16.0. The number of aromatic nitrogens is 4. The minimum atomic E-state index is 0.00669. The fourth-order valence-electron chi connectivity index (χ4n) is 12.2. The first-order chi connectivity index (χ1) is 39.6. The van der Waals surface area contributed by atoms with Crippen molar-refractivity contribution in [1.82, 2.24) is 19.9 Å². The molecule has 0 saturated heterocycles. The van der Waals surface area contributed by atoms with Crippen LogP contribution in [0.25, 0.3) is 112 Å². The lowest BCUT2D eigenvalue weighted by molar-refractivity contribution is 0.754. The van der Waals surface area contributed by atoms with Gasteiger partial charge in [-0.25, -0.2) is 19.9 Å². The lowest BCUT2D eigenvalue weighted by atomic mass is 9.61. The zero-order valence-electron chi connectivity index (χ0n) is 43.7. The number of benzene rings is 11. The van der Waals surface area contributed by atoms with Gasteiger partial charge in [0.25, 0.3) is 0 Å². The van der Waals surface area contributed by atoms with Crippen molar-refractivity contribution in [2.24, 2.45) is 0 Å². The second-order valence-electron chi connectivity index (χ2n) is 20.9.